The molecule has 1 aromatic heterocycles. The molecule has 1 aromatic rings. The molecule has 1 atom stereocenters. The van der Waals surface area contributed by atoms with Crippen molar-refractivity contribution in [2.75, 3.05) is 19.0 Å². The summed E-state index contributed by atoms with van der Waals surface area (Å²) in [7, 11) is 1.46. The molecular weight excluding hydrogens is 262 g/mol. The van der Waals surface area contributed by atoms with Gasteiger partial charge in [0, 0.05) is 19.0 Å². The van der Waals surface area contributed by atoms with Crippen molar-refractivity contribution in [1.29, 1.82) is 0 Å². The Morgan fingerprint density at radius 3 is 2.71 bits per heavy atom. The van der Waals surface area contributed by atoms with E-state index in [1.165, 1.54) is 18.4 Å². The van der Waals surface area contributed by atoms with Crippen molar-refractivity contribution in [3.8, 4) is 0 Å². The lowest BCUT2D eigenvalue weighted by Crippen LogP contribution is -2.35. The van der Waals surface area contributed by atoms with Gasteiger partial charge in [-0.1, -0.05) is 13.8 Å². The zero-order valence-electron chi connectivity index (χ0n) is 10.1. The van der Waals surface area contributed by atoms with Gasteiger partial charge in [-0.25, -0.2) is 4.98 Å². The standard InChI is InChI=1S/C10H17N3O2S.ClH/c1-6(2)7-5-16-10(12-7)13-9(14)8(4-11)15-3;/h5-6,8H,4,11H2,1-3H3,(H,12,13,14);1H. The highest BCUT2D eigenvalue weighted by atomic mass is 35.5. The van der Waals surface area contributed by atoms with E-state index in [4.69, 9.17) is 10.5 Å². The summed E-state index contributed by atoms with van der Waals surface area (Å²) in [5.41, 5.74) is 6.36. The second-order valence-electron chi connectivity index (χ2n) is 3.68. The number of amides is 1. The molecule has 1 heterocycles. The normalized spacial score (nSPS) is 12.1. The first-order valence-electron chi connectivity index (χ1n) is 5.07. The van der Waals surface area contributed by atoms with E-state index < -0.39 is 6.10 Å². The SMILES string of the molecule is COC(CN)C(=O)Nc1nc(C(C)C)cs1.Cl. The number of hydrogen-bond acceptors (Lipinski definition) is 5. The number of ether oxygens (including phenoxy) is 1. The highest BCUT2D eigenvalue weighted by molar-refractivity contribution is 7.13. The smallest absolute Gasteiger partial charge is 0.256 e. The fourth-order valence-electron chi connectivity index (χ4n) is 1.10. The Labute approximate surface area is 111 Å². The number of anilines is 1. The quantitative estimate of drug-likeness (QED) is 0.858. The Hall–Kier alpha value is -0.690. The van der Waals surface area contributed by atoms with Crippen molar-refractivity contribution in [3.63, 3.8) is 0 Å². The fourth-order valence-corrected chi connectivity index (χ4v) is 1.98. The third-order valence-electron chi connectivity index (χ3n) is 2.13. The molecule has 17 heavy (non-hydrogen) atoms. The van der Waals surface area contributed by atoms with Crippen molar-refractivity contribution in [1.82, 2.24) is 4.98 Å². The van der Waals surface area contributed by atoms with Gasteiger partial charge < -0.3 is 10.5 Å². The largest absolute Gasteiger partial charge is 0.370 e. The number of carbonyl (C=O) groups excluding carboxylic acids is 1. The molecule has 0 bridgehead atoms. The van der Waals surface area contributed by atoms with E-state index in [0.29, 0.717) is 11.0 Å². The van der Waals surface area contributed by atoms with E-state index >= 15 is 0 Å². The average molecular weight is 280 g/mol. The lowest BCUT2D eigenvalue weighted by Gasteiger charge is -2.11. The molecule has 3 N–H and O–H groups in total. The van der Waals surface area contributed by atoms with Crippen molar-refractivity contribution in [3.05, 3.63) is 11.1 Å². The van der Waals surface area contributed by atoms with E-state index in [0.717, 1.165) is 5.69 Å². The van der Waals surface area contributed by atoms with E-state index in [-0.39, 0.29) is 24.9 Å². The predicted molar refractivity (Wildman–Crippen MR) is 71.9 cm³/mol. The molecule has 0 aliphatic rings. The first-order valence-corrected chi connectivity index (χ1v) is 5.95. The number of nitrogens with zero attached hydrogens (tertiary/aromatic N) is 1. The zero-order valence-corrected chi connectivity index (χ0v) is 11.7. The minimum absolute atomic E-state index is 0. The summed E-state index contributed by atoms with van der Waals surface area (Å²) in [6, 6.07) is 0. The van der Waals surface area contributed by atoms with Gasteiger partial charge in [0.05, 0.1) is 5.69 Å². The first-order chi connectivity index (χ1) is 7.58. The highest BCUT2D eigenvalue weighted by Crippen LogP contribution is 2.21. The number of aromatic nitrogens is 1. The van der Waals surface area contributed by atoms with Crippen molar-refractivity contribution >= 4 is 34.8 Å². The number of thiazole rings is 1. The molecule has 0 aliphatic heterocycles. The second-order valence-corrected chi connectivity index (χ2v) is 4.54. The Bertz CT molecular complexity index is 353. The Balaban J connectivity index is 0.00000256. The molecular formula is C10H18ClN3O2S. The summed E-state index contributed by atoms with van der Waals surface area (Å²) in [5, 5.41) is 5.20. The van der Waals surface area contributed by atoms with Gasteiger partial charge in [0.15, 0.2) is 5.13 Å². The maximum Gasteiger partial charge on any atom is 0.256 e. The number of nitrogens with one attached hydrogen (secondary N) is 1. The van der Waals surface area contributed by atoms with Gasteiger partial charge in [-0.3, -0.25) is 10.1 Å². The van der Waals surface area contributed by atoms with Crippen LogP contribution < -0.4 is 11.1 Å². The van der Waals surface area contributed by atoms with Crippen LogP contribution >= 0.6 is 23.7 Å². The predicted octanol–water partition coefficient (Wildman–Crippen LogP) is 1.60. The molecule has 0 saturated carbocycles. The topological polar surface area (TPSA) is 77.2 Å². The summed E-state index contributed by atoms with van der Waals surface area (Å²) in [6.07, 6.45) is -0.619. The first kappa shape index (κ1) is 16.3. The van der Waals surface area contributed by atoms with E-state index in [1.807, 2.05) is 5.38 Å². The minimum Gasteiger partial charge on any atom is -0.370 e. The number of rotatable bonds is 5. The van der Waals surface area contributed by atoms with E-state index in [1.54, 1.807) is 0 Å². The molecule has 98 valence electrons. The highest BCUT2D eigenvalue weighted by Gasteiger charge is 2.17. The molecule has 0 aromatic carbocycles. The maximum absolute atomic E-state index is 11.6. The molecule has 0 fully saturated rings. The number of nitrogens with two attached hydrogens (primary N) is 1. The Morgan fingerprint density at radius 2 is 2.29 bits per heavy atom. The number of methoxy groups -OCH3 is 1. The van der Waals surface area contributed by atoms with Crippen LogP contribution in [0.5, 0.6) is 0 Å². The zero-order chi connectivity index (χ0) is 12.1. The molecule has 0 radical (unpaired) electrons. The van der Waals surface area contributed by atoms with Crippen LogP contribution in [0.25, 0.3) is 0 Å². The van der Waals surface area contributed by atoms with Gasteiger partial charge in [-0.05, 0) is 5.92 Å². The van der Waals surface area contributed by atoms with Crippen LogP contribution in [-0.4, -0.2) is 30.6 Å². The van der Waals surface area contributed by atoms with Crippen LogP contribution in [0.15, 0.2) is 5.38 Å². The summed E-state index contributed by atoms with van der Waals surface area (Å²) in [6.45, 7) is 4.27. The van der Waals surface area contributed by atoms with Gasteiger partial charge >= 0.3 is 0 Å². The van der Waals surface area contributed by atoms with Crippen LogP contribution in [0.2, 0.25) is 0 Å². The van der Waals surface area contributed by atoms with Crippen molar-refractivity contribution in [2.24, 2.45) is 5.73 Å². The fraction of sp³-hybridized carbons (Fsp3) is 0.600. The van der Waals surface area contributed by atoms with Crippen molar-refractivity contribution in [2.45, 2.75) is 25.9 Å². The third kappa shape index (κ3) is 4.59. The summed E-state index contributed by atoms with van der Waals surface area (Å²) in [5.74, 6) is 0.101. The van der Waals surface area contributed by atoms with E-state index in [2.05, 4.69) is 24.1 Å². The van der Waals surface area contributed by atoms with Gasteiger partial charge in [-0.15, -0.1) is 23.7 Å². The molecule has 0 spiro atoms. The van der Waals surface area contributed by atoms with Gasteiger partial charge in [0.1, 0.15) is 6.10 Å². The minimum atomic E-state index is -0.619. The van der Waals surface area contributed by atoms with E-state index in [9.17, 15) is 4.79 Å². The lowest BCUT2D eigenvalue weighted by molar-refractivity contribution is -0.125. The number of halogens is 1. The Morgan fingerprint density at radius 1 is 1.65 bits per heavy atom. The second kappa shape index (κ2) is 7.60. The van der Waals surface area contributed by atoms with Gasteiger partial charge in [-0.2, -0.15) is 0 Å². The maximum atomic E-state index is 11.6. The molecule has 7 heteroatoms. The monoisotopic (exact) mass is 279 g/mol. The van der Waals surface area contributed by atoms with Crippen LogP contribution in [0, 0.1) is 0 Å². The molecule has 0 saturated heterocycles. The lowest BCUT2D eigenvalue weighted by atomic mass is 10.2. The molecule has 5 nitrogen and oxygen atoms in total. The van der Waals surface area contributed by atoms with Gasteiger partial charge in [0.2, 0.25) is 0 Å². The Kier molecular flexibility index (Phi) is 7.29. The number of hydrogen-bond donors (Lipinski definition) is 2. The third-order valence-corrected chi connectivity index (χ3v) is 2.91. The van der Waals surface area contributed by atoms with Crippen molar-refractivity contribution < 1.29 is 9.53 Å². The summed E-state index contributed by atoms with van der Waals surface area (Å²) < 4.78 is 4.93. The van der Waals surface area contributed by atoms with Crippen LogP contribution in [-0.2, 0) is 9.53 Å². The summed E-state index contributed by atoms with van der Waals surface area (Å²) in [4.78, 5) is 15.9. The molecule has 1 unspecified atom stereocenters. The van der Waals surface area contributed by atoms with Gasteiger partial charge in [0.25, 0.3) is 5.91 Å². The average Bonchev–Trinajstić information content (AvgIpc) is 2.68. The molecule has 0 aliphatic carbocycles. The van der Waals surface area contributed by atoms with Crippen LogP contribution in [0.4, 0.5) is 5.13 Å². The molecule has 1 rings (SSSR count). The van der Waals surface area contributed by atoms with Crippen LogP contribution in [0.1, 0.15) is 25.5 Å². The summed E-state index contributed by atoms with van der Waals surface area (Å²) >= 11 is 1.41. The van der Waals surface area contributed by atoms with Crippen LogP contribution in [0.3, 0.4) is 0 Å². The molecule has 1 amide bonds. The number of carbonyl (C=O) groups is 1.